The SMILES string of the molecule is COc1cc(OC)cc(C(O)C[NH2+]CCC(=O)c2ccc(C)c3ccccc23)c1.[Cl-]. The molecule has 0 bridgehead atoms. The van der Waals surface area contributed by atoms with Gasteiger partial charge in [0.05, 0.1) is 27.2 Å². The van der Waals surface area contributed by atoms with Gasteiger partial charge in [-0.1, -0.05) is 36.4 Å². The molecule has 0 spiro atoms. The topological polar surface area (TPSA) is 72.4 Å². The van der Waals surface area contributed by atoms with E-state index in [-0.39, 0.29) is 18.2 Å². The van der Waals surface area contributed by atoms with Crippen molar-refractivity contribution in [3.63, 3.8) is 0 Å². The van der Waals surface area contributed by atoms with Crippen molar-refractivity contribution in [1.82, 2.24) is 0 Å². The zero-order valence-electron chi connectivity index (χ0n) is 17.5. The van der Waals surface area contributed by atoms with Gasteiger partial charge in [-0.2, -0.15) is 0 Å². The maximum atomic E-state index is 12.7. The van der Waals surface area contributed by atoms with E-state index in [2.05, 4.69) is 6.92 Å². The van der Waals surface area contributed by atoms with Crippen LogP contribution in [0.3, 0.4) is 0 Å². The van der Waals surface area contributed by atoms with E-state index in [1.165, 1.54) is 5.56 Å². The largest absolute Gasteiger partial charge is 1.00 e. The number of carbonyl (C=O) groups excluding carboxylic acids is 1. The number of aliphatic hydroxyl groups excluding tert-OH is 1. The smallest absolute Gasteiger partial charge is 0.169 e. The van der Waals surface area contributed by atoms with Crippen molar-refractivity contribution >= 4 is 16.6 Å². The second-order valence-electron chi connectivity index (χ2n) is 7.12. The van der Waals surface area contributed by atoms with Gasteiger partial charge in [0.25, 0.3) is 0 Å². The predicted molar refractivity (Wildman–Crippen MR) is 114 cm³/mol. The van der Waals surface area contributed by atoms with Crippen LogP contribution in [0.25, 0.3) is 10.8 Å². The molecular formula is C24H28ClNO4. The molecule has 1 unspecified atom stereocenters. The minimum atomic E-state index is -0.672. The monoisotopic (exact) mass is 429 g/mol. The summed E-state index contributed by atoms with van der Waals surface area (Å²) in [6, 6.07) is 17.3. The van der Waals surface area contributed by atoms with Crippen LogP contribution >= 0.6 is 0 Å². The van der Waals surface area contributed by atoms with Gasteiger partial charge in [-0.05, 0) is 41.0 Å². The van der Waals surface area contributed by atoms with Crippen LogP contribution in [0.5, 0.6) is 11.5 Å². The fourth-order valence-electron chi connectivity index (χ4n) is 3.49. The van der Waals surface area contributed by atoms with Gasteiger partial charge in [0, 0.05) is 11.6 Å². The average molecular weight is 430 g/mol. The third-order valence-electron chi connectivity index (χ3n) is 5.17. The number of nitrogens with two attached hydrogens (primary N) is 1. The molecule has 0 heterocycles. The van der Waals surface area contributed by atoms with Crippen molar-refractivity contribution in [2.45, 2.75) is 19.4 Å². The van der Waals surface area contributed by atoms with Gasteiger partial charge in [0.1, 0.15) is 24.1 Å². The number of hydrogen-bond donors (Lipinski definition) is 2. The molecule has 30 heavy (non-hydrogen) atoms. The molecule has 0 aromatic heterocycles. The summed E-state index contributed by atoms with van der Waals surface area (Å²) in [6.45, 7) is 3.12. The van der Waals surface area contributed by atoms with E-state index in [0.29, 0.717) is 31.0 Å². The molecule has 3 rings (SSSR count). The Morgan fingerprint density at radius 2 is 1.63 bits per heavy atom. The Morgan fingerprint density at radius 3 is 2.27 bits per heavy atom. The highest BCUT2D eigenvalue weighted by atomic mass is 35.5. The molecule has 3 N–H and O–H groups in total. The molecule has 160 valence electrons. The lowest BCUT2D eigenvalue weighted by atomic mass is 9.97. The molecule has 0 saturated heterocycles. The Bertz CT molecular complexity index is 983. The van der Waals surface area contributed by atoms with Gasteiger partial charge < -0.3 is 32.3 Å². The van der Waals surface area contributed by atoms with Crippen LogP contribution in [0, 0.1) is 6.92 Å². The molecule has 6 heteroatoms. The number of halogens is 1. The molecule has 3 aromatic rings. The van der Waals surface area contributed by atoms with E-state index in [9.17, 15) is 9.90 Å². The second kappa shape index (κ2) is 11.0. The third-order valence-corrected chi connectivity index (χ3v) is 5.17. The van der Waals surface area contributed by atoms with Crippen LogP contribution < -0.4 is 27.2 Å². The number of ether oxygens (including phenoxy) is 2. The van der Waals surface area contributed by atoms with Gasteiger partial charge in [0.2, 0.25) is 0 Å². The number of aryl methyl sites for hydroxylation is 1. The second-order valence-corrected chi connectivity index (χ2v) is 7.12. The molecule has 0 saturated carbocycles. The number of carbonyl (C=O) groups is 1. The van der Waals surface area contributed by atoms with Crippen LogP contribution in [0.15, 0.2) is 54.6 Å². The maximum absolute atomic E-state index is 12.7. The van der Waals surface area contributed by atoms with Crippen molar-refractivity contribution in [2.75, 3.05) is 27.3 Å². The molecule has 1 atom stereocenters. The van der Waals surface area contributed by atoms with Gasteiger partial charge in [0.15, 0.2) is 5.78 Å². The predicted octanol–water partition coefficient (Wildman–Crippen LogP) is 0.0392. The van der Waals surface area contributed by atoms with Crippen LogP contribution in [0.1, 0.15) is 34.0 Å². The highest BCUT2D eigenvalue weighted by Crippen LogP contribution is 2.26. The van der Waals surface area contributed by atoms with Crippen LogP contribution in [-0.4, -0.2) is 38.2 Å². The Labute approximate surface area is 183 Å². The Kier molecular flexibility index (Phi) is 8.66. The van der Waals surface area contributed by atoms with Gasteiger partial charge in [-0.25, -0.2) is 0 Å². The summed E-state index contributed by atoms with van der Waals surface area (Å²) in [6.07, 6.45) is -0.254. The van der Waals surface area contributed by atoms with Crippen molar-refractivity contribution in [2.24, 2.45) is 0 Å². The molecule has 0 aliphatic rings. The summed E-state index contributed by atoms with van der Waals surface area (Å²) in [5.74, 6) is 1.40. The first-order valence-corrected chi connectivity index (χ1v) is 9.77. The molecule has 0 fully saturated rings. The minimum absolute atomic E-state index is 0. The van der Waals surface area contributed by atoms with E-state index in [4.69, 9.17) is 9.47 Å². The molecule has 3 aromatic carbocycles. The number of rotatable bonds is 9. The fraction of sp³-hybridized carbons (Fsp3) is 0.292. The highest BCUT2D eigenvalue weighted by Gasteiger charge is 2.15. The molecule has 5 nitrogen and oxygen atoms in total. The summed E-state index contributed by atoms with van der Waals surface area (Å²) in [7, 11) is 3.16. The first kappa shape index (κ1) is 23.7. The van der Waals surface area contributed by atoms with Gasteiger partial charge in [-0.3, -0.25) is 4.79 Å². The number of ketones is 1. The lowest BCUT2D eigenvalue weighted by Crippen LogP contribution is -3.00. The van der Waals surface area contributed by atoms with Crippen LogP contribution in [-0.2, 0) is 0 Å². The van der Waals surface area contributed by atoms with Crippen molar-refractivity contribution in [3.05, 3.63) is 71.3 Å². The Hall–Kier alpha value is -2.60. The molecule has 0 amide bonds. The zero-order chi connectivity index (χ0) is 20.8. The number of aliphatic hydroxyl groups is 1. The summed E-state index contributed by atoms with van der Waals surface area (Å²) < 4.78 is 10.5. The number of benzene rings is 3. The summed E-state index contributed by atoms with van der Waals surface area (Å²) in [5, 5.41) is 14.6. The van der Waals surface area contributed by atoms with E-state index in [0.717, 1.165) is 21.9 Å². The van der Waals surface area contributed by atoms with E-state index in [1.54, 1.807) is 32.4 Å². The maximum Gasteiger partial charge on any atom is 0.169 e. The van der Waals surface area contributed by atoms with Crippen molar-refractivity contribution in [1.29, 1.82) is 0 Å². The molecular weight excluding hydrogens is 402 g/mol. The standard InChI is InChI=1S/C24H27NO4.ClH/c1-16-8-9-22(21-7-5-4-6-20(16)21)23(26)10-11-25-15-24(27)17-12-18(28-2)14-19(13-17)29-3;/h4-9,12-14,24-25,27H,10-11,15H2,1-3H3;1H. The number of quaternary nitrogens is 1. The third kappa shape index (κ3) is 5.51. The van der Waals surface area contributed by atoms with E-state index >= 15 is 0 Å². The van der Waals surface area contributed by atoms with Crippen molar-refractivity contribution < 1.29 is 37.1 Å². The first-order valence-electron chi connectivity index (χ1n) is 9.77. The zero-order valence-corrected chi connectivity index (χ0v) is 18.3. The minimum Gasteiger partial charge on any atom is -1.00 e. The lowest BCUT2D eigenvalue weighted by molar-refractivity contribution is -0.660. The quantitative estimate of drug-likeness (QED) is 0.372. The van der Waals surface area contributed by atoms with Crippen LogP contribution in [0.2, 0.25) is 0 Å². The Balaban J connectivity index is 0.00000320. The summed E-state index contributed by atoms with van der Waals surface area (Å²) in [5.41, 5.74) is 2.66. The normalized spacial score (nSPS) is 11.6. The average Bonchev–Trinajstić information content (AvgIpc) is 2.76. The fourth-order valence-corrected chi connectivity index (χ4v) is 3.49. The number of fused-ring (bicyclic) bond motifs is 1. The van der Waals surface area contributed by atoms with Crippen molar-refractivity contribution in [3.8, 4) is 11.5 Å². The van der Waals surface area contributed by atoms with E-state index < -0.39 is 6.10 Å². The molecule has 0 radical (unpaired) electrons. The van der Waals surface area contributed by atoms with Gasteiger partial charge in [-0.15, -0.1) is 0 Å². The Morgan fingerprint density at radius 1 is 1.00 bits per heavy atom. The molecule has 0 aliphatic carbocycles. The summed E-state index contributed by atoms with van der Waals surface area (Å²) >= 11 is 0. The highest BCUT2D eigenvalue weighted by molar-refractivity contribution is 6.08. The number of Topliss-reactive ketones (excluding diaryl/α,β-unsaturated/α-hetero) is 1. The number of hydrogen-bond acceptors (Lipinski definition) is 4. The van der Waals surface area contributed by atoms with Gasteiger partial charge >= 0.3 is 0 Å². The van der Waals surface area contributed by atoms with Crippen LogP contribution in [0.4, 0.5) is 0 Å². The summed E-state index contributed by atoms with van der Waals surface area (Å²) in [4.78, 5) is 12.7. The molecule has 0 aliphatic heterocycles. The first-order chi connectivity index (χ1) is 14.0. The number of methoxy groups -OCH3 is 2. The van der Waals surface area contributed by atoms with E-state index in [1.807, 2.05) is 41.7 Å². The lowest BCUT2D eigenvalue weighted by Gasteiger charge is -2.13.